The molecule has 0 saturated heterocycles. The van der Waals surface area contributed by atoms with Crippen molar-refractivity contribution in [3.8, 4) is 5.88 Å². The van der Waals surface area contributed by atoms with Gasteiger partial charge in [0.25, 0.3) is 6.29 Å². The van der Waals surface area contributed by atoms with Gasteiger partial charge in [-0.2, -0.15) is 0 Å². The second kappa shape index (κ2) is 6.58. The molecule has 120 valence electrons. The number of para-hydroxylation sites is 1. The third-order valence-corrected chi connectivity index (χ3v) is 3.85. The molecule has 0 fully saturated rings. The Morgan fingerprint density at radius 2 is 1.71 bits per heavy atom. The third kappa shape index (κ3) is 3.01. The quantitative estimate of drug-likeness (QED) is 0.716. The van der Waals surface area contributed by atoms with Crippen molar-refractivity contribution >= 4 is 10.9 Å². The smallest absolute Gasteiger partial charge is 0.266 e. The fraction of sp³-hybridized carbons (Fsp3) is 0.158. The van der Waals surface area contributed by atoms with Gasteiger partial charge in [-0.25, -0.2) is 9.97 Å². The van der Waals surface area contributed by atoms with Crippen molar-refractivity contribution < 1.29 is 14.2 Å². The molecule has 0 N–H and O–H groups in total. The number of fused-ring (bicyclic) bond motifs is 1. The number of benzene rings is 2. The van der Waals surface area contributed by atoms with Gasteiger partial charge in [-0.3, -0.25) is 0 Å². The van der Waals surface area contributed by atoms with Crippen molar-refractivity contribution in [3.05, 3.63) is 78.5 Å². The molecule has 1 aliphatic rings. The lowest BCUT2D eigenvalue weighted by Crippen LogP contribution is -2.04. The van der Waals surface area contributed by atoms with E-state index in [0.717, 1.165) is 22.9 Å². The van der Waals surface area contributed by atoms with Crippen LogP contribution in [0.25, 0.3) is 10.9 Å². The monoisotopic (exact) mass is 320 g/mol. The maximum atomic E-state index is 5.84. The van der Waals surface area contributed by atoms with E-state index in [1.807, 2.05) is 36.4 Å². The molecule has 2 heterocycles. The van der Waals surface area contributed by atoms with E-state index in [4.69, 9.17) is 14.2 Å². The molecule has 5 heteroatoms. The van der Waals surface area contributed by atoms with Crippen LogP contribution in [0.3, 0.4) is 0 Å². The van der Waals surface area contributed by atoms with Crippen molar-refractivity contribution in [3.63, 3.8) is 0 Å². The predicted octanol–water partition coefficient (Wildman–Crippen LogP) is 3.77. The molecule has 0 saturated carbocycles. The Kier molecular flexibility index (Phi) is 3.98. The minimum Gasteiger partial charge on any atom is -0.477 e. The molecular formula is C19H16N2O3. The highest BCUT2D eigenvalue weighted by molar-refractivity contribution is 5.82. The summed E-state index contributed by atoms with van der Waals surface area (Å²) in [5.74, 6) is 0.621. The maximum absolute atomic E-state index is 5.84. The molecule has 5 nitrogen and oxygen atoms in total. The second-order valence-electron chi connectivity index (χ2n) is 5.41. The summed E-state index contributed by atoms with van der Waals surface area (Å²) in [6, 6.07) is 16.0. The lowest BCUT2D eigenvalue weighted by Gasteiger charge is -2.11. The molecule has 0 radical (unpaired) electrons. The molecule has 0 bridgehead atoms. The third-order valence-electron chi connectivity index (χ3n) is 3.85. The van der Waals surface area contributed by atoms with Crippen LogP contribution < -0.4 is 4.74 Å². The zero-order valence-corrected chi connectivity index (χ0v) is 13.0. The number of ether oxygens (including phenoxy) is 3. The highest BCUT2D eigenvalue weighted by Gasteiger charge is 2.14. The van der Waals surface area contributed by atoms with E-state index < -0.39 is 0 Å². The molecule has 2 aromatic carbocycles. The standard InChI is InChI=1S/C19H16N2O3/c1-2-4-17-16(3-1)18(21-13-20-17)22-10-9-14-5-7-15(8-6-14)19-23-11-12-24-19/h1-8,11-13,19H,9-10H2. The van der Waals surface area contributed by atoms with Crippen LogP contribution in [0, 0.1) is 0 Å². The van der Waals surface area contributed by atoms with E-state index in [0.29, 0.717) is 12.5 Å². The summed E-state index contributed by atoms with van der Waals surface area (Å²) in [5, 5.41) is 0.929. The number of nitrogens with zero attached hydrogens (tertiary/aromatic N) is 2. The number of hydrogen-bond donors (Lipinski definition) is 0. The normalized spacial score (nSPS) is 13.7. The SMILES string of the molecule is C1=COC(c2ccc(CCOc3ncnc4ccccc34)cc2)O1. The van der Waals surface area contributed by atoms with Crippen LogP contribution in [0.15, 0.2) is 67.4 Å². The topological polar surface area (TPSA) is 53.5 Å². The Bertz CT molecular complexity index is 849. The molecule has 1 aromatic heterocycles. The molecule has 1 aliphatic heterocycles. The lowest BCUT2D eigenvalue weighted by atomic mass is 10.1. The van der Waals surface area contributed by atoms with E-state index >= 15 is 0 Å². The highest BCUT2D eigenvalue weighted by Crippen LogP contribution is 2.24. The summed E-state index contributed by atoms with van der Waals surface area (Å²) < 4.78 is 16.5. The molecule has 3 aromatic rings. The summed E-state index contributed by atoms with van der Waals surface area (Å²) in [5.41, 5.74) is 3.06. The molecule has 0 atom stereocenters. The molecule has 0 aliphatic carbocycles. The van der Waals surface area contributed by atoms with Crippen LogP contribution in [0.5, 0.6) is 5.88 Å². The summed E-state index contributed by atoms with van der Waals surface area (Å²) >= 11 is 0. The van der Waals surface area contributed by atoms with Gasteiger partial charge in [-0.05, 0) is 17.7 Å². The average Bonchev–Trinajstić information content (AvgIpc) is 3.17. The molecule has 0 amide bonds. The van der Waals surface area contributed by atoms with Crippen LogP contribution >= 0.6 is 0 Å². The van der Waals surface area contributed by atoms with Crippen molar-refractivity contribution in [1.29, 1.82) is 0 Å². The number of rotatable bonds is 5. The van der Waals surface area contributed by atoms with Crippen LogP contribution in [-0.4, -0.2) is 16.6 Å². The zero-order valence-electron chi connectivity index (χ0n) is 13.0. The Labute approximate surface area is 139 Å². The highest BCUT2D eigenvalue weighted by atomic mass is 16.7. The molecule has 24 heavy (non-hydrogen) atoms. The molecule has 0 unspecified atom stereocenters. The summed E-state index contributed by atoms with van der Waals surface area (Å²) in [6.07, 6.45) is 5.10. The van der Waals surface area contributed by atoms with Gasteiger partial charge in [-0.15, -0.1) is 0 Å². The Morgan fingerprint density at radius 1 is 0.917 bits per heavy atom. The second-order valence-corrected chi connectivity index (χ2v) is 5.41. The summed E-state index contributed by atoms with van der Waals surface area (Å²) in [6.45, 7) is 0.554. The first-order valence-corrected chi connectivity index (χ1v) is 7.77. The minimum absolute atomic E-state index is 0.331. The maximum Gasteiger partial charge on any atom is 0.266 e. The first kappa shape index (κ1) is 14.5. The van der Waals surface area contributed by atoms with Gasteiger partial charge in [0.2, 0.25) is 5.88 Å². The number of aromatic nitrogens is 2. The first-order chi connectivity index (χ1) is 11.9. The minimum atomic E-state index is -0.331. The molecule has 4 rings (SSSR count). The lowest BCUT2D eigenvalue weighted by molar-refractivity contribution is -0.0246. The number of hydrogen-bond acceptors (Lipinski definition) is 5. The zero-order chi connectivity index (χ0) is 16.2. The van der Waals surface area contributed by atoms with Gasteiger partial charge in [0, 0.05) is 12.0 Å². The van der Waals surface area contributed by atoms with Crippen LogP contribution in [0.4, 0.5) is 0 Å². The first-order valence-electron chi connectivity index (χ1n) is 7.77. The van der Waals surface area contributed by atoms with Crippen molar-refractivity contribution in [1.82, 2.24) is 9.97 Å². The van der Waals surface area contributed by atoms with Gasteiger partial charge in [0.15, 0.2) is 0 Å². The largest absolute Gasteiger partial charge is 0.477 e. The van der Waals surface area contributed by atoms with Gasteiger partial charge >= 0.3 is 0 Å². The summed E-state index contributed by atoms with van der Waals surface area (Å²) in [4.78, 5) is 8.47. The van der Waals surface area contributed by atoms with Crippen LogP contribution in [0.1, 0.15) is 17.4 Å². The van der Waals surface area contributed by atoms with E-state index in [-0.39, 0.29) is 6.29 Å². The van der Waals surface area contributed by atoms with E-state index in [9.17, 15) is 0 Å². The predicted molar refractivity (Wildman–Crippen MR) is 89.2 cm³/mol. The Hall–Kier alpha value is -3.08. The van der Waals surface area contributed by atoms with E-state index in [2.05, 4.69) is 22.1 Å². The average molecular weight is 320 g/mol. The van der Waals surface area contributed by atoms with Gasteiger partial charge in [0.1, 0.15) is 18.9 Å². The fourth-order valence-corrected chi connectivity index (χ4v) is 2.60. The van der Waals surface area contributed by atoms with Crippen LogP contribution in [-0.2, 0) is 15.9 Å². The van der Waals surface area contributed by atoms with Crippen LogP contribution in [0.2, 0.25) is 0 Å². The molecule has 0 spiro atoms. The van der Waals surface area contributed by atoms with Crippen molar-refractivity contribution in [2.45, 2.75) is 12.7 Å². The van der Waals surface area contributed by atoms with E-state index in [1.165, 1.54) is 11.9 Å². The Balaban J connectivity index is 1.38. The van der Waals surface area contributed by atoms with Gasteiger partial charge in [0.05, 0.1) is 17.5 Å². The van der Waals surface area contributed by atoms with E-state index in [1.54, 1.807) is 12.5 Å². The molecular weight excluding hydrogens is 304 g/mol. The Morgan fingerprint density at radius 3 is 2.54 bits per heavy atom. The summed E-state index contributed by atoms with van der Waals surface area (Å²) in [7, 11) is 0. The van der Waals surface area contributed by atoms with Crippen molar-refractivity contribution in [2.75, 3.05) is 6.61 Å². The van der Waals surface area contributed by atoms with Gasteiger partial charge < -0.3 is 14.2 Å². The fourth-order valence-electron chi connectivity index (χ4n) is 2.60. The van der Waals surface area contributed by atoms with Crippen molar-refractivity contribution in [2.24, 2.45) is 0 Å². The van der Waals surface area contributed by atoms with Gasteiger partial charge in [-0.1, -0.05) is 36.4 Å².